The van der Waals surface area contributed by atoms with Crippen LogP contribution in [-0.2, 0) is 0 Å². The number of aliphatic hydroxyl groups excluding tert-OH is 1. The first-order chi connectivity index (χ1) is 10.5. The third-order valence-corrected chi connectivity index (χ3v) is 4.66. The van der Waals surface area contributed by atoms with Gasteiger partial charge in [0, 0.05) is 24.0 Å². The fourth-order valence-corrected chi connectivity index (χ4v) is 3.30. The summed E-state index contributed by atoms with van der Waals surface area (Å²) in [5.74, 6) is 0.394. The summed E-state index contributed by atoms with van der Waals surface area (Å²) in [5.41, 5.74) is 3.92. The molecule has 0 bridgehead atoms. The lowest BCUT2D eigenvalue weighted by atomic mass is 10.0. The van der Waals surface area contributed by atoms with Crippen LogP contribution in [-0.4, -0.2) is 35.1 Å². The molecule has 0 radical (unpaired) electrons. The number of fused-ring (bicyclic) bond motifs is 1. The van der Waals surface area contributed by atoms with Gasteiger partial charge in [0.25, 0.3) is 5.91 Å². The van der Waals surface area contributed by atoms with Crippen LogP contribution in [0.15, 0.2) is 16.5 Å². The highest BCUT2D eigenvalue weighted by atomic mass is 16.3. The van der Waals surface area contributed by atoms with Gasteiger partial charge in [0.15, 0.2) is 5.76 Å². The average Bonchev–Trinajstić information content (AvgIpc) is 2.69. The van der Waals surface area contributed by atoms with Crippen LogP contribution in [0.5, 0.6) is 0 Å². The van der Waals surface area contributed by atoms with Crippen molar-refractivity contribution in [2.45, 2.75) is 46.1 Å². The number of aliphatic hydroxyl groups is 1. The van der Waals surface area contributed by atoms with Crippen molar-refractivity contribution in [3.63, 3.8) is 0 Å². The van der Waals surface area contributed by atoms with Crippen molar-refractivity contribution in [3.05, 3.63) is 34.6 Å². The first-order valence-corrected chi connectivity index (χ1v) is 7.95. The van der Waals surface area contributed by atoms with Gasteiger partial charge in [0.1, 0.15) is 5.58 Å². The fraction of sp³-hybridized carbons (Fsp3) is 0.500. The number of hydrogen-bond donors (Lipinski definition) is 1. The van der Waals surface area contributed by atoms with Crippen molar-refractivity contribution in [2.24, 2.45) is 0 Å². The van der Waals surface area contributed by atoms with Crippen molar-refractivity contribution in [3.8, 4) is 0 Å². The third kappa shape index (κ3) is 2.52. The number of likely N-dealkylation sites (tertiary alicyclic amines) is 1. The summed E-state index contributed by atoms with van der Waals surface area (Å²) >= 11 is 0. The Kier molecular flexibility index (Phi) is 3.96. The van der Waals surface area contributed by atoms with Gasteiger partial charge in [-0.3, -0.25) is 4.79 Å². The van der Waals surface area contributed by atoms with E-state index in [9.17, 15) is 9.90 Å². The van der Waals surface area contributed by atoms with Gasteiger partial charge in [-0.15, -0.1) is 0 Å². The number of benzene rings is 1. The molecule has 0 saturated carbocycles. The standard InChI is InChI=1S/C18H23NO3/c1-11-6-7-12(2)16-15(11)13(3)17(22-16)18(21)19-9-4-5-14(20)8-10-19/h6-7,14,20H,4-5,8-10H2,1-3H3. The van der Waals surface area contributed by atoms with Gasteiger partial charge in [-0.05, 0) is 51.2 Å². The molecule has 1 unspecified atom stereocenters. The van der Waals surface area contributed by atoms with Crippen LogP contribution >= 0.6 is 0 Å². The molecule has 1 aliphatic heterocycles. The number of hydrogen-bond acceptors (Lipinski definition) is 3. The molecule has 0 spiro atoms. The molecular weight excluding hydrogens is 278 g/mol. The zero-order chi connectivity index (χ0) is 15.9. The molecule has 1 saturated heterocycles. The fourth-order valence-electron chi connectivity index (χ4n) is 3.30. The lowest BCUT2D eigenvalue weighted by Gasteiger charge is -2.19. The van der Waals surface area contributed by atoms with Gasteiger partial charge < -0.3 is 14.4 Å². The Labute approximate surface area is 130 Å². The smallest absolute Gasteiger partial charge is 0.289 e. The number of furan rings is 1. The minimum absolute atomic E-state index is 0.0541. The van der Waals surface area contributed by atoms with E-state index in [4.69, 9.17) is 4.42 Å². The maximum atomic E-state index is 12.8. The molecule has 0 aliphatic carbocycles. The van der Waals surface area contributed by atoms with Crippen LogP contribution < -0.4 is 0 Å². The van der Waals surface area contributed by atoms with E-state index in [1.165, 1.54) is 0 Å². The Bertz CT molecular complexity index is 717. The van der Waals surface area contributed by atoms with E-state index in [1.54, 1.807) is 0 Å². The van der Waals surface area contributed by atoms with E-state index in [1.807, 2.05) is 31.7 Å². The van der Waals surface area contributed by atoms with E-state index in [0.29, 0.717) is 25.3 Å². The SMILES string of the molecule is Cc1ccc(C)c2c(C)c(C(=O)N3CCCC(O)CC3)oc12. The Balaban J connectivity index is 1.99. The maximum absolute atomic E-state index is 12.8. The highest BCUT2D eigenvalue weighted by Gasteiger charge is 2.26. The van der Waals surface area contributed by atoms with Gasteiger partial charge >= 0.3 is 0 Å². The largest absolute Gasteiger partial charge is 0.450 e. The molecule has 1 N–H and O–H groups in total. The van der Waals surface area contributed by atoms with E-state index >= 15 is 0 Å². The Morgan fingerprint density at radius 1 is 1.18 bits per heavy atom. The summed E-state index contributed by atoms with van der Waals surface area (Å²) in [4.78, 5) is 14.6. The van der Waals surface area contributed by atoms with Gasteiger partial charge in [-0.1, -0.05) is 12.1 Å². The highest BCUT2D eigenvalue weighted by Crippen LogP contribution is 2.31. The van der Waals surface area contributed by atoms with Crippen LogP contribution in [0.2, 0.25) is 0 Å². The van der Waals surface area contributed by atoms with Gasteiger partial charge in [0.2, 0.25) is 0 Å². The summed E-state index contributed by atoms with van der Waals surface area (Å²) in [7, 11) is 0. The van der Waals surface area contributed by atoms with Crippen molar-refractivity contribution < 1.29 is 14.3 Å². The normalized spacial score (nSPS) is 19.5. The minimum atomic E-state index is -0.293. The second-order valence-corrected chi connectivity index (χ2v) is 6.34. The number of carbonyl (C=O) groups excluding carboxylic acids is 1. The first kappa shape index (κ1) is 15.1. The molecule has 1 fully saturated rings. The van der Waals surface area contributed by atoms with Crippen molar-refractivity contribution in [2.75, 3.05) is 13.1 Å². The van der Waals surface area contributed by atoms with Gasteiger partial charge in [0.05, 0.1) is 6.10 Å². The molecule has 4 heteroatoms. The Hall–Kier alpha value is -1.81. The van der Waals surface area contributed by atoms with Crippen LogP contribution in [0.3, 0.4) is 0 Å². The van der Waals surface area contributed by atoms with E-state index in [0.717, 1.165) is 40.5 Å². The van der Waals surface area contributed by atoms with Crippen LogP contribution in [0, 0.1) is 20.8 Å². The molecule has 2 aromatic rings. The Morgan fingerprint density at radius 3 is 2.64 bits per heavy atom. The van der Waals surface area contributed by atoms with Crippen LogP contribution in [0.25, 0.3) is 11.0 Å². The predicted molar refractivity (Wildman–Crippen MR) is 86.2 cm³/mol. The molecule has 1 atom stereocenters. The molecule has 3 rings (SSSR count). The monoisotopic (exact) mass is 301 g/mol. The summed E-state index contributed by atoms with van der Waals surface area (Å²) in [6.45, 7) is 7.28. The number of rotatable bonds is 1. The summed E-state index contributed by atoms with van der Waals surface area (Å²) in [6, 6.07) is 4.09. The molecule has 2 heterocycles. The zero-order valence-corrected chi connectivity index (χ0v) is 13.5. The third-order valence-electron chi connectivity index (χ3n) is 4.66. The van der Waals surface area contributed by atoms with Crippen molar-refractivity contribution in [1.29, 1.82) is 0 Å². The van der Waals surface area contributed by atoms with Crippen molar-refractivity contribution in [1.82, 2.24) is 4.90 Å². The average molecular weight is 301 g/mol. The molecule has 118 valence electrons. The number of carbonyl (C=O) groups is 1. The number of aryl methyl sites for hydroxylation is 3. The molecule has 1 aromatic carbocycles. The molecular formula is C18H23NO3. The van der Waals surface area contributed by atoms with E-state index < -0.39 is 0 Å². The van der Waals surface area contributed by atoms with Crippen LogP contribution in [0.1, 0.15) is 46.5 Å². The molecule has 1 aliphatic rings. The quantitative estimate of drug-likeness (QED) is 0.879. The molecule has 1 amide bonds. The van der Waals surface area contributed by atoms with Gasteiger partial charge in [-0.25, -0.2) is 0 Å². The topological polar surface area (TPSA) is 53.7 Å². The summed E-state index contributed by atoms with van der Waals surface area (Å²) in [5, 5.41) is 10.8. The molecule has 4 nitrogen and oxygen atoms in total. The first-order valence-electron chi connectivity index (χ1n) is 7.95. The summed E-state index contributed by atoms with van der Waals surface area (Å²) in [6.07, 6.45) is 1.95. The predicted octanol–water partition coefficient (Wildman–Crippen LogP) is 3.35. The van der Waals surface area contributed by atoms with E-state index in [2.05, 4.69) is 6.07 Å². The summed E-state index contributed by atoms with van der Waals surface area (Å²) < 4.78 is 5.94. The van der Waals surface area contributed by atoms with Crippen molar-refractivity contribution >= 4 is 16.9 Å². The van der Waals surface area contributed by atoms with Crippen LogP contribution in [0.4, 0.5) is 0 Å². The number of amides is 1. The molecule has 1 aromatic heterocycles. The second kappa shape index (κ2) is 5.76. The minimum Gasteiger partial charge on any atom is -0.450 e. The second-order valence-electron chi connectivity index (χ2n) is 6.34. The number of nitrogens with zero attached hydrogens (tertiary/aromatic N) is 1. The van der Waals surface area contributed by atoms with Gasteiger partial charge in [-0.2, -0.15) is 0 Å². The highest BCUT2D eigenvalue weighted by molar-refractivity contribution is 6.00. The Morgan fingerprint density at radius 2 is 1.91 bits per heavy atom. The maximum Gasteiger partial charge on any atom is 0.289 e. The van der Waals surface area contributed by atoms with E-state index in [-0.39, 0.29) is 12.0 Å². The lowest BCUT2D eigenvalue weighted by molar-refractivity contribution is 0.0722. The lowest BCUT2D eigenvalue weighted by Crippen LogP contribution is -2.32. The zero-order valence-electron chi connectivity index (χ0n) is 13.5. The molecule has 22 heavy (non-hydrogen) atoms.